The summed E-state index contributed by atoms with van der Waals surface area (Å²) in [6.45, 7) is 7.04. The first kappa shape index (κ1) is 26.1. The Kier molecular flexibility index (Phi) is 8.04. The molecule has 0 atom stereocenters. The van der Waals surface area contributed by atoms with E-state index in [1.165, 1.54) is 30.6 Å². The first-order valence-electron chi connectivity index (χ1n) is 11.8. The highest BCUT2D eigenvalue weighted by Gasteiger charge is 2.31. The Balaban J connectivity index is 1.34. The minimum Gasteiger partial charge on any atom is -0.474 e. The average molecular weight is 517 g/mol. The van der Waals surface area contributed by atoms with Gasteiger partial charge in [0.1, 0.15) is 18.2 Å². The smallest absolute Gasteiger partial charge is 0.474 e. The number of benzene rings is 1. The van der Waals surface area contributed by atoms with E-state index >= 15 is 0 Å². The van der Waals surface area contributed by atoms with E-state index in [9.17, 15) is 13.2 Å². The van der Waals surface area contributed by atoms with Crippen molar-refractivity contribution in [3.05, 3.63) is 59.7 Å². The van der Waals surface area contributed by atoms with Crippen LogP contribution in [0.5, 0.6) is 17.5 Å². The normalized spacial score (nSPS) is 15.0. The van der Waals surface area contributed by atoms with Crippen LogP contribution in [0.15, 0.2) is 48.1 Å². The van der Waals surface area contributed by atoms with Crippen LogP contribution in [0.3, 0.4) is 0 Å². The van der Waals surface area contributed by atoms with Crippen LogP contribution in [0.4, 0.5) is 19.1 Å². The van der Waals surface area contributed by atoms with Crippen LogP contribution in [-0.2, 0) is 6.42 Å². The Morgan fingerprint density at radius 3 is 2.30 bits per heavy atom. The molecule has 1 fully saturated rings. The highest BCUT2D eigenvalue weighted by Crippen LogP contribution is 2.27. The Bertz CT molecular complexity index is 1210. The van der Waals surface area contributed by atoms with Crippen LogP contribution in [-0.4, -0.2) is 51.2 Å². The topological polar surface area (TPSA) is 94.9 Å². The zero-order chi connectivity index (χ0) is 26.4. The molecule has 12 heteroatoms. The fourth-order valence-electron chi connectivity index (χ4n) is 3.72. The number of aryl methyl sites for hydroxylation is 1. The van der Waals surface area contributed by atoms with Crippen molar-refractivity contribution < 1.29 is 27.5 Å². The number of piperidine rings is 1. The lowest BCUT2D eigenvalue weighted by Gasteiger charge is -2.32. The minimum atomic E-state index is -4.75. The van der Waals surface area contributed by atoms with Crippen LogP contribution in [0.2, 0.25) is 0 Å². The number of anilines is 1. The van der Waals surface area contributed by atoms with Crippen LogP contribution in [0.25, 0.3) is 0 Å². The Morgan fingerprint density at radius 2 is 1.68 bits per heavy atom. The first-order valence-corrected chi connectivity index (χ1v) is 11.8. The van der Waals surface area contributed by atoms with Gasteiger partial charge in [0.05, 0.1) is 11.3 Å². The van der Waals surface area contributed by atoms with Gasteiger partial charge in [0.25, 0.3) is 5.88 Å². The maximum absolute atomic E-state index is 12.3. The third kappa shape index (κ3) is 7.05. The predicted octanol–water partition coefficient (Wildman–Crippen LogP) is 4.89. The molecule has 0 N–H and O–H groups in total. The number of oxime groups is 1. The highest BCUT2D eigenvalue weighted by molar-refractivity contribution is 5.98. The third-order valence-corrected chi connectivity index (χ3v) is 5.87. The molecule has 1 aromatic carbocycles. The molecule has 37 heavy (non-hydrogen) atoms. The summed E-state index contributed by atoms with van der Waals surface area (Å²) in [7, 11) is 0. The van der Waals surface area contributed by atoms with E-state index in [0.29, 0.717) is 22.7 Å². The van der Waals surface area contributed by atoms with Gasteiger partial charge in [-0.05, 0) is 55.7 Å². The summed E-state index contributed by atoms with van der Waals surface area (Å²) in [5.74, 6) is 1.04. The molecule has 1 saturated heterocycles. The average Bonchev–Trinajstić information content (AvgIpc) is 2.89. The molecule has 0 amide bonds. The van der Waals surface area contributed by atoms with Gasteiger partial charge in [0.2, 0.25) is 11.8 Å². The van der Waals surface area contributed by atoms with Crippen molar-refractivity contribution >= 4 is 11.7 Å². The lowest BCUT2D eigenvalue weighted by atomic mass is 10.1. The number of alkyl halides is 3. The van der Waals surface area contributed by atoms with Gasteiger partial charge in [-0.2, -0.15) is 4.98 Å². The van der Waals surface area contributed by atoms with E-state index in [2.05, 4.69) is 41.7 Å². The minimum absolute atomic E-state index is 0.0321. The molecule has 0 aliphatic carbocycles. The molecule has 196 valence electrons. The number of ether oxygens (including phenoxy) is 2. The zero-order valence-electron chi connectivity index (χ0n) is 20.7. The standard InChI is InChI=1S/C25H27F3N6O3/c1-4-18-13-29-24(30-14-18)34-11-9-20(10-12-34)35-22-16(2)23(32-15-31-22)37-33-17(3)19-5-7-21(8-6-19)36-25(26,27)28/h5-8,13-15,20H,4,9-12H2,1-3H3. The molecule has 0 radical (unpaired) electrons. The number of aromatic nitrogens is 4. The second-order valence-corrected chi connectivity index (χ2v) is 8.50. The fraction of sp³-hybridized carbons (Fsp3) is 0.400. The lowest BCUT2D eigenvalue weighted by Crippen LogP contribution is -2.39. The second-order valence-electron chi connectivity index (χ2n) is 8.50. The zero-order valence-corrected chi connectivity index (χ0v) is 20.7. The van der Waals surface area contributed by atoms with Crippen LogP contribution in [0, 0.1) is 6.92 Å². The van der Waals surface area contributed by atoms with Crippen LogP contribution in [0.1, 0.15) is 43.4 Å². The third-order valence-electron chi connectivity index (χ3n) is 5.87. The lowest BCUT2D eigenvalue weighted by molar-refractivity contribution is -0.274. The Hall–Kier alpha value is -3.96. The van der Waals surface area contributed by atoms with Crippen molar-refractivity contribution in [1.29, 1.82) is 0 Å². The van der Waals surface area contributed by atoms with E-state index < -0.39 is 6.36 Å². The van der Waals surface area contributed by atoms with Gasteiger partial charge in [-0.25, -0.2) is 15.0 Å². The van der Waals surface area contributed by atoms with Crippen LogP contribution < -0.4 is 19.2 Å². The summed E-state index contributed by atoms with van der Waals surface area (Å²) < 4.78 is 47.1. The largest absolute Gasteiger partial charge is 0.573 e. The highest BCUT2D eigenvalue weighted by atomic mass is 19.4. The molecule has 2 aromatic heterocycles. The van der Waals surface area contributed by atoms with Crippen LogP contribution >= 0.6 is 0 Å². The Morgan fingerprint density at radius 1 is 1.03 bits per heavy atom. The van der Waals surface area contributed by atoms with E-state index in [0.717, 1.165) is 43.9 Å². The maximum Gasteiger partial charge on any atom is 0.573 e. The molecule has 3 heterocycles. The number of nitrogens with zero attached hydrogens (tertiary/aromatic N) is 6. The van der Waals surface area contributed by atoms with Gasteiger partial charge in [-0.15, -0.1) is 13.2 Å². The molecule has 0 bridgehead atoms. The van der Waals surface area contributed by atoms with Gasteiger partial charge in [-0.3, -0.25) is 0 Å². The number of hydrogen-bond acceptors (Lipinski definition) is 9. The molecule has 3 aromatic rings. The molecule has 0 spiro atoms. The summed E-state index contributed by atoms with van der Waals surface area (Å²) in [5.41, 5.74) is 2.71. The van der Waals surface area contributed by atoms with Gasteiger partial charge >= 0.3 is 6.36 Å². The van der Waals surface area contributed by atoms with E-state index in [1.54, 1.807) is 13.8 Å². The second kappa shape index (κ2) is 11.4. The van der Waals surface area contributed by atoms with Crippen molar-refractivity contribution in [1.82, 2.24) is 19.9 Å². The van der Waals surface area contributed by atoms with Gasteiger partial charge < -0.3 is 19.2 Å². The van der Waals surface area contributed by atoms with Gasteiger partial charge in [-0.1, -0.05) is 12.1 Å². The monoisotopic (exact) mass is 516 g/mol. The fourth-order valence-corrected chi connectivity index (χ4v) is 3.72. The van der Waals surface area contributed by atoms with Crippen molar-refractivity contribution in [2.45, 2.75) is 52.5 Å². The number of halogens is 3. The SMILES string of the molecule is CCc1cnc(N2CCC(Oc3ncnc(ON=C(C)c4ccc(OC(F)(F)F)cc4)c3C)CC2)nc1. The molecule has 9 nitrogen and oxygen atoms in total. The summed E-state index contributed by atoms with van der Waals surface area (Å²) >= 11 is 0. The Labute approximate surface area is 212 Å². The molecule has 0 saturated carbocycles. The van der Waals surface area contributed by atoms with Gasteiger partial charge in [0, 0.05) is 38.3 Å². The van der Waals surface area contributed by atoms with E-state index in [4.69, 9.17) is 9.57 Å². The molecule has 0 unspecified atom stereocenters. The molecule has 1 aliphatic heterocycles. The summed E-state index contributed by atoms with van der Waals surface area (Å²) in [5, 5.41) is 4.06. The quantitative estimate of drug-likeness (QED) is 0.309. The molecular weight excluding hydrogens is 489 g/mol. The van der Waals surface area contributed by atoms with E-state index in [1.807, 2.05) is 12.4 Å². The molecule has 4 rings (SSSR count). The van der Waals surface area contributed by atoms with Gasteiger partial charge in [0.15, 0.2) is 0 Å². The molecular formula is C25H27F3N6O3. The molecule has 1 aliphatic rings. The summed E-state index contributed by atoms with van der Waals surface area (Å²) in [4.78, 5) is 24.9. The number of rotatable bonds is 8. The van der Waals surface area contributed by atoms with Crippen molar-refractivity contribution in [2.24, 2.45) is 5.16 Å². The van der Waals surface area contributed by atoms with Crippen molar-refractivity contribution in [2.75, 3.05) is 18.0 Å². The summed E-state index contributed by atoms with van der Waals surface area (Å²) in [6, 6.07) is 5.34. The van der Waals surface area contributed by atoms with E-state index in [-0.39, 0.29) is 17.7 Å². The maximum atomic E-state index is 12.3. The van der Waals surface area contributed by atoms with Crippen molar-refractivity contribution in [3.63, 3.8) is 0 Å². The predicted molar refractivity (Wildman–Crippen MR) is 130 cm³/mol. The number of hydrogen-bond donors (Lipinski definition) is 0. The first-order chi connectivity index (χ1) is 17.7. The van der Waals surface area contributed by atoms with Crippen molar-refractivity contribution in [3.8, 4) is 17.5 Å². The summed E-state index contributed by atoms with van der Waals surface area (Å²) in [6.07, 6.45) is 2.74.